The number of hydrogen-bond acceptors (Lipinski definition) is 3. The fourth-order valence-electron chi connectivity index (χ4n) is 1.63. The molecule has 1 aliphatic heterocycles. The highest BCUT2D eigenvalue weighted by Crippen LogP contribution is 2.31. The zero-order valence-electron chi connectivity index (χ0n) is 8.32. The van der Waals surface area contributed by atoms with Gasteiger partial charge in [-0.15, -0.1) is 0 Å². The number of anilines is 1. The third kappa shape index (κ3) is 1.74. The lowest BCUT2D eigenvalue weighted by Crippen LogP contribution is -2.33. The normalized spacial score (nSPS) is 27.5. The van der Waals surface area contributed by atoms with Crippen LogP contribution in [-0.4, -0.2) is 13.4 Å². The number of ether oxygens (including phenoxy) is 2. The van der Waals surface area contributed by atoms with Crippen LogP contribution < -0.4 is 5.73 Å². The molecule has 0 spiro atoms. The van der Waals surface area contributed by atoms with Gasteiger partial charge >= 0.3 is 0 Å². The molecule has 1 heterocycles. The summed E-state index contributed by atoms with van der Waals surface area (Å²) in [5.74, 6) is 0. The van der Waals surface area contributed by atoms with Crippen molar-refractivity contribution in [1.29, 1.82) is 0 Å². The SMILES string of the molecule is CC1(c2ccc(N)cc2)CCOCO1. The Hall–Kier alpha value is -1.06. The summed E-state index contributed by atoms with van der Waals surface area (Å²) in [4.78, 5) is 0. The van der Waals surface area contributed by atoms with Gasteiger partial charge in [-0.25, -0.2) is 0 Å². The van der Waals surface area contributed by atoms with Crippen LogP contribution in [0.1, 0.15) is 18.9 Å². The summed E-state index contributed by atoms with van der Waals surface area (Å²) in [6.07, 6.45) is 0.886. The Bertz CT molecular complexity index is 302. The highest BCUT2D eigenvalue weighted by Gasteiger charge is 2.30. The summed E-state index contributed by atoms with van der Waals surface area (Å²) in [7, 11) is 0. The summed E-state index contributed by atoms with van der Waals surface area (Å²) >= 11 is 0. The van der Waals surface area contributed by atoms with Crippen LogP contribution in [0.2, 0.25) is 0 Å². The number of nitrogens with two attached hydrogens (primary N) is 1. The quantitative estimate of drug-likeness (QED) is 0.692. The van der Waals surface area contributed by atoms with E-state index in [1.54, 1.807) is 0 Å². The molecule has 14 heavy (non-hydrogen) atoms. The lowest BCUT2D eigenvalue weighted by molar-refractivity contribution is -0.191. The molecule has 1 aromatic carbocycles. The molecule has 0 aromatic heterocycles. The zero-order valence-corrected chi connectivity index (χ0v) is 8.32. The maximum absolute atomic E-state index is 5.63. The molecule has 0 amide bonds. The summed E-state index contributed by atoms with van der Waals surface area (Å²) in [6.45, 7) is 3.21. The first-order valence-electron chi connectivity index (χ1n) is 4.78. The van der Waals surface area contributed by atoms with E-state index in [2.05, 4.69) is 6.92 Å². The summed E-state index contributed by atoms with van der Waals surface area (Å²) in [5.41, 5.74) is 7.36. The van der Waals surface area contributed by atoms with Crippen LogP contribution in [0.5, 0.6) is 0 Å². The van der Waals surface area contributed by atoms with E-state index in [0.717, 1.165) is 24.3 Å². The van der Waals surface area contributed by atoms with Gasteiger partial charge in [-0.1, -0.05) is 12.1 Å². The van der Waals surface area contributed by atoms with Gasteiger partial charge < -0.3 is 15.2 Å². The Labute approximate surface area is 83.8 Å². The second-order valence-corrected chi connectivity index (χ2v) is 3.77. The molecule has 1 aliphatic rings. The van der Waals surface area contributed by atoms with Gasteiger partial charge in [0.2, 0.25) is 0 Å². The second-order valence-electron chi connectivity index (χ2n) is 3.77. The van der Waals surface area contributed by atoms with Crippen LogP contribution in [0.3, 0.4) is 0 Å². The molecule has 2 N–H and O–H groups in total. The maximum Gasteiger partial charge on any atom is 0.147 e. The first kappa shape index (κ1) is 9.49. The summed E-state index contributed by atoms with van der Waals surface area (Å²) in [5, 5.41) is 0. The molecular formula is C11H15NO2. The van der Waals surface area contributed by atoms with Gasteiger partial charge in [-0.2, -0.15) is 0 Å². The lowest BCUT2D eigenvalue weighted by atomic mass is 9.92. The highest BCUT2D eigenvalue weighted by molar-refractivity contribution is 5.40. The van der Waals surface area contributed by atoms with Gasteiger partial charge in [0, 0.05) is 12.1 Å². The first-order chi connectivity index (χ1) is 6.71. The van der Waals surface area contributed by atoms with Gasteiger partial charge in [-0.05, 0) is 24.6 Å². The first-order valence-corrected chi connectivity index (χ1v) is 4.78. The van der Waals surface area contributed by atoms with E-state index in [9.17, 15) is 0 Å². The minimum absolute atomic E-state index is 0.216. The van der Waals surface area contributed by atoms with Gasteiger partial charge in [-0.3, -0.25) is 0 Å². The molecule has 0 bridgehead atoms. The van der Waals surface area contributed by atoms with Gasteiger partial charge in [0.25, 0.3) is 0 Å². The van der Waals surface area contributed by atoms with Gasteiger partial charge in [0.05, 0.1) is 12.2 Å². The van der Waals surface area contributed by atoms with Crippen LogP contribution >= 0.6 is 0 Å². The lowest BCUT2D eigenvalue weighted by Gasteiger charge is -2.34. The van der Waals surface area contributed by atoms with Crippen LogP contribution in [0.4, 0.5) is 5.69 Å². The van der Waals surface area contributed by atoms with Crippen molar-refractivity contribution in [3.8, 4) is 0 Å². The van der Waals surface area contributed by atoms with Crippen molar-refractivity contribution >= 4 is 5.69 Å². The molecule has 76 valence electrons. The molecule has 0 saturated carbocycles. The Morgan fingerprint density at radius 2 is 2.00 bits per heavy atom. The smallest absolute Gasteiger partial charge is 0.147 e. The Morgan fingerprint density at radius 1 is 1.29 bits per heavy atom. The van der Waals surface area contributed by atoms with E-state index in [4.69, 9.17) is 15.2 Å². The third-order valence-corrected chi connectivity index (χ3v) is 2.71. The molecule has 1 aromatic rings. The average molecular weight is 193 g/mol. The predicted octanol–water partition coefficient (Wildman–Crippen LogP) is 1.88. The van der Waals surface area contributed by atoms with E-state index in [0.29, 0.717) is 6.79 Å². The second kappa shape index (κ2) is 3.59. The topological polar surface area (TPSA) is 44.5 Å². The van der Waals surface area contributed by atoms with Crippen LogP contribution in [0.15, 0.2) is 24.3 Å². The number of hydrogen-bond donors (Lipinski definition) is 1. The van der Waals surface area contributed by atoms with Gasteiger partial charge in [0.1, 0.15) is 6.79 Å². The van der Waals surface area contributed by atoms with Crippen molar-refractivity contribution in [2.24, 2.45) is 0 Å². The molecule has 1 saturated heterocycles. The van der Waals surface area contributed by atoms with E-state index in [-0.39, 0.29) is 5.60 Å². The minimum atomic E-state index is -0.216. The maximum atomic E-state index is 5.63. The number of benzene rings is 1. The Kier molecular flexibility index (Phi) is 2.44. The number of rotatable bonds is 1. The van der Waals surface area contributed by atoms with Crippen LogP contribution in [-0.2, 0) is 15.1 Å². The number of nitrogen functional groups attached to an aromatic ring is 1. The van der Waals surface area contributed by atoms with Gasteiger partial charge in [0.15, 0.2) is 0 Å². The van der Waals surface area contributed by atoms with Crippen molar-refractivity contribution in [2.75, 3.05) is 19.1 Å². The molecule has 1 unspecified atom stereocenters. The van der Waals surface area contributed by atoms with Crippen molar-refractivity contribution in [3.05, 3.63) is 29.8 Å². The Balaban J connectivity index is 2.23. The molecular weight excluding hydrogens is 178 g/mol. The van der Waals surface area contributed by atoms with Crippen molar-refractivity contribution in [3.63, 3.8) is 0 Å². The van der Waals surface area contributed by atoms with E-state index in [1.165, 1.54) is 0 Å². The molecule has 1 fully saturated rings. The fraction of sp³-hybridized carbons (Fsp3) is 0.455. The molecule has 0 radical (unpaired) electrons. The summed E-state index contributed by atoms with van der Waals surface area (Å²) < 4.78 is 10.8. The molecule has 3 nitrogen and oxygen atoms in total. The largest absolute Gasteiger partial charge is 0.399 e. The molecule has 0 aliphatic carbocycles. The van der Waals surface area contributed by atoms with Crippen LogP contribution in [0.25, 0.3) is 0 Å². The molecule has 2 rings (SSSR count). The average Bonchev–Trinajstić information content (AvgIpc) is 2.19. The van der Waals surface area contributed by atoms with E-state index < -0.39 is 0 Å². The van der Waals surface area contributed by atoms with E-state index in [1.807, 2.05) is 24.3 Å². The zero-order chi connectivity index (χ0) is 10.0. The fourth-order valence-corrected chi connectivity index (χ4v) is 1.63. The van der Waals surface area contributed by atoms with Crippen molar-refractivity contribution < 1.29 is 9.47 Å². The molecule has 1 atom stereocenters. The third-order valence-electron chi connectivity index (χ3n) is 2.71. The standard InChI is InChI=1S/C11H15NO2/c1-11(6-7-13-8-14-11)9-2-4-10(12)5-3-9/h2-5H,6-8,12H2,1H3. The van der Waals surface area contributed by atoms with Crippen molar-refractivity contribution in [1.82, 2.24) is 0 Å². The van der Waals surface area contributed by atoms with Crippen LogP contribution in [0, 0.1) is 0 Å². The van der Waals surface area contributed by atoms with Crippen molar-refractivity contribution in [2.45, 2.75) is 18.9 Å². The minimum Gasteiger partial charge on any atom is -0.399 e. The molecule has 3 heteroatoms. The summed E-state index contributed by atoms with van der Waals surface area (Å²) in [6, 6.07) is 7.83. The van der Waals surface area contributed by atoms with E-state index >= 15 is 0 Å². The monoisotopic (exact) mass is 193 g/mol. The predicted molar refractivity (Wildman–Crippen MR) is 54.7 cm³/mol. The Morgan fingerprint density at radius 3 is 2.57 bits per heavy atom. The highest BCUT2D eigenvalue weighted by atomic mass is 16.7.